The van der Waals surface area contributed by atoms with E-state index in [1.807, 2.05) is 0 Å². The van der Waals surface area contributed by atoms with E-state index in [0.29, 0.717) is 38.5 Å². The molecule has 1 aromatic carbocycles. The minimum absolute atomic E-state index is 0.0199. The zero-order chi connectivity index (χ0) is 43.7. The highest BCUT2D eigenvalue weighted by atomic mass is 19.4. The van der Waals surface area contributed by atoms with Crippen LogP contribution in [-0.2, 0) is 53.1 Å². The van der Waals surface area contributed by atoms with Crippen LogP contribution in [0.5, 0.6) is 0 Å². The van der Waals surface area contributed by atoms with E-state index in [2.05, 4.69) is 6.92 Å². The Morgan fingerprint density at radius 2 is 1.31 bits per heavy atom. The average Bonchev–Trinajstić information content (AvgIpc) is 3.95. The number of cyclic esters (lactones) is 1. The van der Waals surface area contributed by atoms with Gasteiger partial charge in [-0.25, -0.2) is 4.79 Å². The number of methoxy groups -OCH3 is 1. The predicted molar refractivity (Wildman–Crippen MR) is 224 cm³/mol. The Hall–Kier alpha value is -2.58. The molecule has 4 aliphatic rings. The van der Waals surface area contributed by atoms with Crippen molar-refractivity contribution in [3.05, 3.63) is 35.9 Å². The van der Waals surface area contributed by atoms with E-state index in [1.54, 1.807) is 6.07 Å². The van der Waals surface area contributed by atoms with Crippen LogP contribution in [-0.4, -0.2) is 86.6 Å². The van der Waals surface area contributed by atoms with Crippen molar-refractivity contribution in [1.29, 1.82) is 0 Å². The van der Waals surface area contributed by atoms with Gasteiger partial charge >= 0.3 is 18.1 Å². The fraction of sp³-hybridized carbons (Fsp3) is 0.812. The van der Waals surface area contributed by atoms with Gasteiger partial charge in [-0.05, 0) is 84.0 Å². The number of hydrogen-bond donors (Lipinski definition) is 0. The monoisotopic (exact) mass is 867 g/mol. The van der Waals surface area contributed by atoms with E-state index in [4.69, 9.17) is 33.2 Å². The Morgan fingerprint density at radius 1 is 0.738 bits per heavy atom. The number of unbranched alkanes of at least 4 members (excludes halogenated alkanes) is 11. The van der Waals surface area contributed by atoms with Gasteiger partial charge in [-0.3, -0.25) is 4.79 Å². The normalized spacial score (nSPS) is 28.6. The minimum atomic E-state index is -5.06. The smallest absolute Gasteiger partial charge is 0.432 e. The molecule has 4 fully saturated rings. The van der Waals surface area contributed by atoms with E-state index in [1.165, 1.54) is 69.7 Å². The molecule has 0 saturated carbocycles. The van der Waals surface area contributed by atoms with Crippen LogP contribution in [0, 0.1) is 5.92 Å². The van der Waals surface area contributed by atoms with Crippen LogP contribution >= 0.6 is 0 Å². The number of ether oxygens (including phenoxy) is 7. The molecular formula is C48H73F3O10. The molecule has 0 bridgehead atoms. The number of Topliss-reactive ketones (excluding diaryl/α,β-unsaturated/α-hetero) is 1. The van der Waals surface area contributed by atoms with Gasteiger partial charge in [-0.2, -0.15) is 13.2 Å². The third-order valence-electron chi connectivity index (χ3n) is 13.3. The summed E-state index contributed by atoms with van der Waals surface area (Å²) in [6.07, 6.45) is 14.5. The Morgan fingerprint density at radius 3 is 1.93 bits per heavy atom. The van der Waals surface area contributed by atoms with E-state index in [9.17, 15) is 27.6 Å². The molecular weight excluding hydrogens is 794 g/mol. The van der Waals surface area contributed by atoms with Crippen LogP contribution in [0.25, 0.3) is 0 Å². The standard InChI is InChI=1S/C48H73F3O10/c1-4-5-6-7-8-9-10-11-12-19-24-41(61-46(54)47(55-3,48(49,50)51)36-20-15-13-16-21-36)44-30-29-43(60-44)40-28-27-39(56-33-57-40)42-26-25-37(58-42)22-17-14-18-23-38-32-35(31-34(2)52)45(53)59-38/h13,15-16,20-21,35,37-44H,4-12,14,17-19,22-33H2,1-3H3/t35?,37-,38-,39+,40-,41-,42+,43-,44-,47+/m1/s1. The first-order valence-corrected chi connectivity index (χ1v) is 23.6. The van der Waals surface area contributed by atoms with Gasteiger partial charge in [-0.1, -0.05) is 108 Å². The lowest BCUT2D eigenvalue weighted by molar-refractivity contribution is -0.280. The van der Waals surface area contributed by atoms with E-state index >= 15 is 0 Å². The summed E-state index contributed by atoms with van der Waals surface area (Å²) in [5.74, 6) is -1.99. The lowest BCUT2D eigenvalue weighted by Gasteiger charge is -2.35. The van der Waals surface area contributed by atoms with Crippen molar-refractivity contribution in [2.75, 3.05) is 13.9 Å². The molecule has 346 valence electrons. The van der Waals surface area contributed by atoms with Gasteiger partial charge in [0, 0.05) is 19.1 Å². The first kappa shape index (κ1) is 49.4. The van der Waals surface area contributed by atoms with E-state index in [0.717, 1.165) is 77.7 Å². The van der Waals surface area contributed by atoms with Gasteiger partial charge < -0.3 is 38.0 Å². The van der Waals surface area contributed by atoms with Gasteiger partial charge in [0.2, 0.25) is 0 Å². The highest BCUT2D eigenvalue weighted by molar-refractivity contribution is 5.84. The summed E-state index contributed by atoms with van der Waals surface area (Å²) in [5, 5.41) is 0. The lowest BCUT2D eigenvalue weighted by Crippen LogP contribution is -2.53. The van der Waals surface area contributed by atoms with E-state index in [-0.39, 0.29) is 73.1 Å². The molecule has 4 aliphatic heterocycles. The molecule has 0 amide bonds. The summed E-state index contributed by atoms with van der Waals surface area (Å²) in [5.41, 5.74) is -3.60. The molecule has 0 N–H and O–H groups in total. The van der Waals surface area contributed by atoms with Crippen LogP contribution in [0.3, 0.4) is 0 Å². The number of halogens is 3. The molecule has 13 heteroatoms. The van der Waals surface area contributed by atoms with Gasteiger partial charge in [0.25, 0.3) is 5.60 Å². The maximum absolute atomic E-state index is 14.8. The van der Waals surface area contributed by atoms with E-state index < -0.39 is 30.0 Å². The summed E-state index contributed by atoms with van der Waals surface area (Å²) in [4.78, 5) is 37.3. The lowest BCUT2D eigenvalue weighted by atomic mass is 9.92. The van der Waals surface area contributed by atoms with Crippen LogP contribution < -0.4 is 0 Å². The molecule has 0 radical (unpaired) electrons. The Kier molecular flexibility index (Phi) is 20.3. The zero-order valence-electron chi connectivity index (χ0n) is 37.0. The van der Waals surface area contributed by atoms with Crippen molar-refractivity contribution in [3.63, 3.8) is 0 Å². The fourth-order valence-electron chi connectivity index (χ4n) is 9.85. The predicted octanol–water partition coefficient (Wildman–Crippen LogP) is 10.8. The second-order valence-electron chi connectivity index (χ2n) is 18.0. The van der Waals surface area contributed by atoms with Crippen LogP contribution in [0.15, 0.2) is 30.3 Å². The molecule has 0 aromatic heterocycles. The Labute approximate surface area is 362 Å². The summed E-state index contributed by atoms with van der Waals surface area (Å²) < 4.78 is 86.3. The first-order chi connectivity index (χ1) is 29.4. The van der Waals surface area contributed by atoms with Gasteiger partial charge in [0.1, 0.15) is 24.8 Å². The Bertz CT molecular complexity index is 1460. The largest absolute Gasteiger partial charge is 0.462 e. The molecule has 10 nitrogen and oxygen atoms in total. The molecule has 0 aliphatic carbocycles. The summed E-state index contributed by atoms with van der Waals surface area (Å²) in [6, 6.07) is 6.96. The van der Waals surface area contributed by atoms with Crippen molar-refractivity contribution in [1.82, 2.24) is 0 Å². The molecule has 1 unspecified atom stereocenters. The number of carbonyl (C=O) groups is 3. The molecule has 10 atom stereocenters. The van der Waals surface area contributed by atoms with Gasteiger partial charge in [0.05, 0.1) is 42.5 Å². The van der Waals surface area contributed by atoms with Crippen LogP contribution in [0.2, 0.25) is 0 Å². The summed E-state index contributed by atoms with van der Waals surface area (Å²) in [6.45, 7) is 3.81. The van der Waals surface area contributed by atoms with Crippen LogP contribution in [0.1, 0.15) is 174 Å². The quantitative estimate of drug-likeness (QED) is 0.0658. The molecule has 0 spiro atoms. The number of benzene rings is 1. The number of hydrogen-bond acceptors (Lipinski definition) is 10. The summed E-state index contributed by atoms with van der Waals surface area (Å²) in [7, 11) is 0.895. The molecule has 1 aromatic rings. The van der Waals surface area contributed by atoms with Gasteiger partial charge in [-0.15, -0.1) is 0 Å². The number of alkyl halides is 3. The molecule has 61 heavy (non-hydrogen) atoms. The molecule has 4 saturated heterocycles. The second kappa shape index (κ2) is 25.1. The fourth-order valence-corrected chi connectivity index (χ4v) is 9.85. The average molecular weight is 867 g/mol. The van der Waals surface area contributed by atoms with Gasteiger partial charge in [0.15, 0.2) is 0 Å². The number of ketones is 1. The van der Waals surface area contributed by atoms with Crippen molar-refractivity contribution in [2.24, 2.45) is 5.92 Å². The van der Waals surface area contributed by atoms with Crippen molar-refractivity contribution in [2.45, 2.75) is 229 Å². The summed E-state index contributed by atoms with van der Waals surface area (Å²) >= 11 is 0. The topological polar surface area (TPSA) is 116 Å². The number of carbonyl (C=O) groups excluding carboxylic acids is 3. The Balaban J connectivity index is 1.08. The first-order valence-electron chi connectivity index (χ1n) is 23.6. The number of rotatable bonds is 26. The third-order valence-corrected chi connectivity index (χ3v) is 13.3. The maximum Gasteiger partial charge on any atom is 0.432 e. The number of esters is 2. The van der Waals surface area contributed by atoms with Crippen molar-refractivity contribution >= 4 is 17.7 Å². The van der Waals surface area contributed by atoms with Crippen molar-refractivity contribution < 1.29 is 60.7 Å². The molecule has 4 heterocycles. The highest BCUT2D eigenvalue weighted by Gasteiger charge is 2.64. The third kappa shape index (κ3) is 14.5. The zero-order valence-corrected chi connectivity index (χ0v) is 37.0. The molecule has 5 rings (SSSR count). The second-order valence-corrected chi connectivity index (χ2v) is 18.0. The SMILES string of the molecule is CCCCCCCCCCCC[C@@H](OC(=O)[C@@](OC)(c1ccccc1)C(F)(F)F)[C@H]1CC[C@H]([C@H]2CC[C@@H]([C@@H]3CC[C@@H](CCCCC[C@@H]4CC(CC(C)=O)C(=O)O4)O3)OCO2)O1. The highest BCUT2D eigenvalue weighted by Crippen LogP contribution is 2.44. The minimum Gasteiger partial charge on any atom is -0.462 e. The van der Waals surface area contributed by atoms with Crippen LogP contribution in [0.4, 0.5) is 13.2 Å². The maximum atomic E-state index is 14.8. The van der Waals surface area contributed by atoms with Crippen molar-refractivity contribution in [3.8, 4) is 0 Å².